The average molecular weight is 284 g/mol. The smallest absolute Gasteiger partial charge is 0.160 e. The van der Waals surface area contributed by atoms with Crippen LogP contribution in [0.1, 0.15) is 4.88 Å². The van der Waals surface area contributed by atoms with E-state index in [-0.39, 0.29) is 0 Å². The summed E-state index contributed by atoms with van der Waals surface area (Å²) in [5.74, 6) is 0.857. The third-order valence-corrected chi connectivity index (χ3v) is 3.54. The standard InChI is InChI=1S/C11H10BrNOS/c1-7-10(13-11(12)15-7)8-4-3-5-9(6-8)14-2/h3-6H,1-2H3. The molecule has 1 aromatic heterocycles. The quantitative estimate of drug-likeness (QED) is 0.834. The van der Waals surface area contributed by atoms with E-state index in [9.17, 15) is 0 Å². The van der Waals surface area contributed by atoms with Crippen molar-refractivity contribution in [3.8, 4) is 17.0 Å². The molecule has 0 saturated heterocycles. The van der Waals surface area contributed by atoms with Crippen molar-refractivity contribution in [2.75, 3.05) is 7.11 Å². The van der Waals surface area contributed by atoms with E-state index in [2.05, 4.69) is 27.8 Å². The van der Waals surface area contributed by atoms with Crippen LogP contribution in [0.3, 0.4) is 0 Å². The Morgan fingerprint density at radius 3 is 2.80 bits per heavy atom. The fourth-order valence-corrected chi connectivity index (χ4v) is 2.96. The Balaban J connectivity index is 2.49. The van der Waals surface area contributed by atoms with Crippen molar-refractivity contribution in [2.45, 2.75) is 6.92 Å². The fraction of sp³-hybridized carbons (Fsp3) is 0.182. The SMILES string of the molecule is COc1cccc(-c2nc(Br)sc2C)c1. The fourth-order valence-electron chi connectivity index (χ4n) is 1.40. The Morgan fingerprint density at radius 1 is 1.40 bits per heavy atom. The Bertz CT molecular complexity index is 481. The molecule has 0 spiro atoms. The summed E-state index contributed by atoms with van der Waals surface area (Å²) in [6.45, 7) is 2.07. The predicted octanol–water partition coefficient (Wildman–Crippen LogP) is 3.89. The van der Waals surface area contributed by atoms with Crippen molar-refractivity contribution in [2.24, 2.45) is 0 Å². The zero-order valence-electron chi connectivity index (χ0n) is 8.45. The number of hydrogen-bond donors (Lipinski definition) is 0. The van der Waals surface area contributed by atoms with E-state index in [1.54, 1.807) is 18.4 Å². The Kier molecular flexibility index (Phi) is 3.07. The maximum Gasteiger partial charge on any atom is 0.160 e. The maximum atomic E-state index is 5.19. The monoisotopic (exact) mass is 283 g/mol. The first-order chi connectivity index (χ1) is 7.20. The number of aryl methyl sites for hydroxylation is 1. The van der Waals surface area contributed by atoms with Crippen molar-refractivity contribution in [3.63, 3.8) is 0 Å². The summed E-state index contributed by atoms with van der Waals surface area (Å²) in [6.07, 6.45) is 0. The average Bonchev–Trinajstić information content (AvgIpc) is 2.58. The Hall–Kier alpha value is -0.870. The van der Waals surface area contributed by atoms with Crippen LogP contribution in [0, 0.1) is 6.92 Å². The summed E-state index contributed by atoms with van der Waals surface area (Å²) >= 11 is 5.03. The molecule has 2 rings (SSSR count). The summed E-state index contributed by atoms with van der Waals surface area (Å²) in [5.41, 5.74) is 2.11. The molecule has 4 heteroatoms. The lowest BCUT2D eigenvalue weighted by Crippen LogP contribution is -1.84. The molecule has 0 saturated carbocycles. The number of ether oxygens (including phenoxy) is 1. The zero-order chi connectivity index (χ0) is 10.8. The lowest BCUT2D eigenvalue weighted by atomic mass is 10.1. The minimum Gasteiger partial charge on any atom is -0.497 e. The van der Waals surface area contributed by atoms with Crippen LogP contribution in [0.25, 0.3) is 11.3 Å². The van der Waals surface area contributed by atoms with E-state index < -0.39 is 0 Å². The normalized spacial score (nSPS) is 10.3. The minimum absolute atomic E-state index is 0.857. The van der Waals surface area contributed by atoms with Gasteiger partial charge in [0.05, 0.1) is 12.8 Å². The van der Waals surface area contributed by atoms with Gasteiger partial charge in [-0.25, -0.2) is 4.98 Å². The molecular formula is C11H10BrNOS. The molecule has 0 fully saturated rings. The van der Waals surface area contributed by atoms with Crippen molar-refractivity contribution >= 4 is 27.3 Å². The van der Waals surface area contributed by atoms with E-state index in [1.165, 1.54) is 4.88 Å². The lowest BCUT2D eigenvalue weighted by molar-refractivity contribution is 0.415. The number of aromatic nitrogens is 1. The first-order valence-corrected chi connectivity index (χ1v) is 6.09. The minimum atomic E-state index is 0.857. The summed E-state index contributed by atoms with van der Waals surface area (Å²) in [5, 5.41) is 0. The number of hydrogen-bond acceptors (Lipinski definition) is 3. The van der Waals surface area contributed by atoms with Gasteiger partial charge in [-0.3, -0.25) is 0 Å². The molecule has 78 valence electrons. The van der Waals surface area contributed by atoms with Crippen LogP contribution >= 0.6 is 27.3 Å². The maximum absolute atomic E-state index is 5.19. The zero-order valence-corrected chi connectivity index (χ0v) is 10.9. The molecule has 0 bridgehead atoms. The van der Waals surface area contributed by atoms with Gasteiger partial charge in [0.15, 0.2) is 3.92 Å². The van der Waals surface area contributed by atoms with E-state index in [4.69, 9.17) is 4.74 Å². The van der Waals surface area contributed by atoms with E-state index in [1.807, 2.05) is 24.3 Å². The number of nitrogens with zero attached hydrogens (tertiary/aromatic N) is 1. The van der Waals surface area contributed by atoms with Crippen LogP contribution in [0.2, 0.25) is 0 Å². The molecule has 0 aliphatic carbocycles. The highest BCUT2D eigenvalue weighted by atomic mass is 79.9. The van der Waals surface area contributed by atoms with Crippen LogP contribution < -0.4 is 4.74 Å². The molecule has 15 heavy (non-hydrogen) atoms. The lowest BCUT2D eigenvalue weighted by Gasteiger charge is -2.02. The molecule has 1 heterocycles. The molecular weight excluding hydrogens is 274 g/mol. The van der Waals surface area contributed by atoms with Gasteiger partial charge in [0, 0.05) is 10.4 Å². The van der Waals surface area contributed by atoms with Gasteiger partial charge in [-0.1, -0.05) is 12.1 Å². The number of halogens is 1. The summed E-state index contributed by atoms with van der Waals surface area (Å²) in [7, 11) is 1.67. The molecule has 2 nitrogen and oxygen atoms in total. The van der Waals surface area contributed by atoms with Gasteiger partial charge in [0.1, 0.15) is 5.75 Å². The number of rotatable bonds is 2. The van der Waals surface area contributed by atoms with Crippen molar-refractivity contribution in [1.82, 2.24) is 4.98 Å². The number of methoxy groups -OCH3 is 1. The number of benzene rings is 1. The molecule has 0 aliphatic heterocycles. The van der Waals surface area contributed by atoms with Crippen LogP contribution in [-0.2, 0) is 0 Å². The second kappa shape index (κ2) is 4.33. The van der Waals surface area contributed by atoms with E-state index in [0.717, 1.165) is 20.9 Å². The Labute approximate surface area is 101 Å². The van der Waals surface area contributed by atoms with Crippen LogP contribution in [0.5, 0.6) is 5.75 Å². The van der Waals surface area contributed by atoms with Crippen LogP contribution in [0.15, 0.2) is 28.2 Å². The predicted molar refractivity (Wildman–Crippen MR) is 66.5 cm³/mol. The first-order valence-electron chi connectivity index (χ1n) is 4.48. The largest absolute Gasteiger partial charge is 0.497 e. The van der Waals surface area contributed by atoms with E-state index in [0.29, 0.717) is 0 Å². The molecule has 0 unspecified atom stereocenters. The van der Waals surface area contributed by atoms with Crippen molar-refractivity contribution < 1.29 is 4.74 Å². The van der Waals surface area contributed by atoms with Crippen molar-refractivity contribution in [1.29, 1.82) is 0 Å². The van der Waals surface area contributed by atoms with Gasteiger partial charge in [-0.05, 0) is 35.0 Å². The van der Waals surface area contributed by atoms with E-state index >= 15 is 0 Å². The van der Waals surface area contributed by atoms with Crippen LogP contribution in [-0.4, -0.2) is 12.1 Å². The second-order valence-corrected chi connectivity index (χ2v) is 5.58. The molecule has 1 aromatic carbocycles. The van der Waals surface area contributed by atoms with Gasteiger partial charge in [0.2, 0.25) is 0 Å². The molecule has 0 amide bonds. The highest BCUT2D eigenvalue weighted by Gasteiger charge is 2.08. The van der Waals surface area contributed by atoms with Gasteiger partial charge >= 0.3 is 0 Å². The van der Waals surface area contributed by atoms with Gasteiger partial charge in [0.25, 0.3) is 0 Å². The summed E-state index contributed by atoms with van der Waals surface area (Å²) < 4.78 is 6.10. The molecule has 0 atom stereocenters. The third kappa shape index (κ3) is 2.21. The second-order valence-electron chi connectivity index (χ2n) is 3.10. The summed E-state index contributed by atoms with van der Waals surface area (Å²) in [4.78, 5) is 5.64. The van der Waals surface area contributed by atoms with Crippen molar-refractivity contribution in [3.05, 3.63) is 33.1 Å². The third-order valence-electron chi connectivity index (χ3n) is 2.11. The highest BCUT2D eigenvalue weighted by molar-refractivity contribution is 9.11. The van der Waals surface area contributed by atoms with Gasteiger partial charge in [-0.15, -0.1) is 11.3 Å². The van der Waals surface area contributed by atoms with Gasteiger partial charge in [-0.2, -0.15) is 0 Å². The molecule has 0 aliphatic rings. The summed E-state index contributed by atoms with van der Waals surface area (Å²) in [6, 6.07) is 7.94. The van der Waals surface area contributed by atoms with Crippen LogP contribution in [0.4, 0.5) is 0 Å². The molecule has 0 N–H and O–H groups in total. The first kappa shape index (κ1) is 10.6. The molecule has 0 radical (unpaired) electrons. The highest BCUT2D eigenvalue weighted by Crippen LogP contribution is 2.31. The number of thiazole rings is 1. The molecule has 2 aromatic rings. The topological polar surface area (TPSA) is 22.1 Å². The van der Waals surface area contributed by atoms with Gasteiger partial charge < -0.3 is 4.74 Å². The Morgan fingerprint density at radius 2 is 2.20 bits per heavy atom.